The van der Waals surface area contributed by atoms with E-state index in [1.807, 2.05) is 20.8 Å². The second-order valence-corrected chi connectivity index (χ2v) is 4.93. The van der Waals surface area contributed by atoms with Gasteiger partial charge >= 0.3 is 0 Å². The molecule has 15 heavy (non-hydrogen) atoms. The molecule has 2 N–H and O–H groups in total. The first-order valence-corrected chi connectivity index (χ1v) is 5.51. The van der Waals surface area contributed by atoms with E-state index in [-0.39, 0.29) is 23.7 Å². The highest BCUT2D eigenvalue weighted by atomic mass is 16.5. The van der Waals surface area contributed by atoms with E-state index in [2.05, 4.69) is 0 Å². The normalized spacial score (nSPS) is 26.7. The highest BCUT2D eigenvalue weighted by molar-refractivity contribution is 5.81. The van der Waals surface area contributed by atoms with Gasteiger partial charge in [-0.3, -0.25) is 4.79 Å². The van der Waals surface area contributed by atoms with Crippen LogP contribution in [0.2, 0.25) is 0 Å². The van der Waals surface area contributed by atoms with Gasteiger partial charge in [-0.2, -0.15) is 0 Å². The molecular formula is C11H22N2O2. The molecule has 1 saturated heterocycles. The number of hydrogen-bond acceptors (Lipinski definition) is 3. The number of carbonyl (C=O) groups is 1. The topological polar surface area (TPSA) is 55.6 Å². The number of rotatable bonds is 3. The highest BCUT2D eigenvalue weighted by Gasteiger charge is 2.35. The van der Waals surface area contributed by atoms with Gasteiger partial charge in [-0.25, -0.2) is 0 Å². The van der Waals surface area contributed by atoms with E-state index in [0.717, 1.165) is 12.8 Å². The van der Waals surface area contributed by atoms with Crippen LogP contribution in [-0.2, 0) is 9.53 Å². The van der Waals surface area contributed by atoms with E-state index in [4.69, 9.17) is 10.5 Å². The summed E-state index contributed by atoms with van der Waals surface area (Å²) in [5.41, 5.74) is 5.34. The summed E-state index contributed by atoms with van der Waals surface area (Å²) in [4.78, 5) is 13.7. The minimum Gasteiger partial charge on any atom is -0.365 e. The molecule has 88 valence electrons. The number of amides is 1. The molecule has 1 rings (SSSR count). The van der Waals surface area contributed by atoms with Crippen molar-refractivity contribution in [3.05, 3.63) is 0 Å². The molecule has 0 aromatic carbocycles. The van der Waals surface area contributed by atoms with E-state index in [1.165, 1.54) is 0 Å². The lowest BCUT2D eigenvalue weighted by atomic mass is 10.0. The maximum atomic E-state index is 12.0. The molecule has 0 aromatic rings. The van der Waals surface area contributed by atoms with Gasteiger partial charge in [0, 0.05) is 19.1 Å². The van der Waals surface area contributed by atoms with Gasteiger partial charge in [0.25, 0.3) is 5.91 Å². The second-order valence-electron chi connectivity index (χ2n) is 4.93. The number of ether oxygens (including phenoxy) is 1. The van der Waals surface area contributed by atoms with Crippen molar-refractivity contribution in [1.82, 2.24) is 4.90 Å². The van der Waals surface area contributed by atoms with Crippen LogP contribution in [0.4, 0.5) is 0 Å². The summed E-state index contributed by atoms with van der Waals surface area (Å²) in [5.74, 6) is 0.0507. The number of likely N-dealkylation sites (N-methyl/N-ethyl adjacent to an activating group) is 1. The Bertz CT molecular complexity index is 241. The first-order valence-electron chi connectivity index (χ1n) is 5.51. The number of nitrogens with two attached hydrogens (primary N) is 1. The van der Waals surface area contributed by atoms with Gasteiger partial charge in [0.1, 0.15) is 6.10 Å². The first-order chi connectivity index (χ1) is 6.88. The van der Waals surface area contributed by atoms with Gasteiger partial charge in [-0.05, 0) is 33.6 Å². The Morgan fingerprint density at radius 1 is 1.53 bits per heavy atom. The fraction of sp³-hybridized carbons (Fsp3) is 0.909. The summed E-state index contributed by atoms with van der Waals surface area (Å²) in [6.45, 7) is 6.38. The van der Waals surface area contributed by atoms with E-state index >= 15 is 0 Å². The van der Waals surface area contributed by atoms with Gasteiger partial charge in [0.2, 0.25) is 0 Å². The van der Waals surface area contributed by atoms with Crippen LogP contribution in [-0.4, -0.2) is 42.1 Å². The van der Waals surface area contributed by atoms with Gasteiger partial charge in [0.05, 0.1) is 6.10 Å². The molecule has 1 heterocycles. The Balaban J connectivity index is 2.60. The maximum absolute atomic E-state index is 12.0. The summed E-state index contributed by atoms with van der Waals surface area (Å²) < 4.78 is 5.55. The zero-order chi connectivity index (χ0) is 11.6. The third kappa shape index (κ3) is 2.69. The molecule has 0 bridgehead atoms. The zero-order valence-electron chi connectivity index (χ0n) is 10.1. The molecule has 4 nitrogen and oxygen atoms in total. The van der Waals surface area contributed by atoms with Gasteiger partial charge in [-0.1, -0.05) is 0 Å². The average Bonchev–Trinajstić information content (AvgIpc) is 2.62. The van der Waals surface area contributed by atoms with E-state index < -0.39 is 0 Å². The van der Waals surface area contributed by atoms with Gasteiger partial charge in [0.15, 0.2) is 0 Å². The molecule has 4 heteroatoms. The Morgan fingerprint density at radius 3 is 2.53 bits per heavy atom. The quantitative estimate of drug-likeness (QED) is 0.754. The molecule has 0 saturated carbocycles. The molecule has 1 fully saturated rings. The van der Waals surface area contributed by atoms with Crippen molar-refractivity contribution < 1.29 is 9.53 Å². The molecule has 1 amide bonds. The monoisotopic (exact) mass is 214 g/mol. The number of carbonyl (C=O) groups excluding carboxylic acids is 1. The van der Waals surface area contributed by atoms with Gasteiger partial charge in [-0.15, -0.1) is 0 Å². The Kier molecular flexibility index (Phi) is 3.73. The van der Waals surface area contributed by atoms with Crippen molar-refractivity contribution >= 4 is 5.91 Å². The summed E-state index contributed by atoms with van der Waals surface area (Å²) in [6, 6.07) is 0. The molecule has 2 atom stereocenters. The standard InChI is InChI=1S/C11H22N2O2/c1-8-5-6-9(15-8)10(14)13(4)11(2,3)7-12/h8-9H,5-7,12H2,1-4H3. The first kappa shape index (κ1) is 12.5. The maximum Gasteiger partial charge on any atom is 0.251 e. The van der Waals surface area contributed by atoms with Crippen LogP contribution in [0, 0.1) is 0 Å². The Morgan fingerprint density at radius 2 is 2.13 bits per heavy atom. The fourth-order valence-electron chi connectivity index (χ4n) is 1.64. The highest BCUT2D eigenvalue weighted by Crippen LogP contribution is 2.23. The molecular weight excluding hydrogens is 192 g/mol. The van der Waals surface area contributed by atoms with Gasteiger partial charge < -0.3 is 15.4 Å². The Hall–Kier alpha value is -0.610. The minimum atomic E-state index is -0.299. The van der Waals surface area contributed by atoms with Crippen molar-refractivity contribution in [2.45, 2.75) is 51.4 Å². The number of nitrogens with zero attached hydrogens (tertiary/aromatic N) is 1. The van der Waals surface area contributed by atoms with Crippen LogP contribution in [0.15, 0.2) is 0 Å². The largest absolute Gasteiger partial charge is 0.365 e. The molecule has 1 aliphatic rings. The van der Waals surface area contributed by atoms with Crippen molar-refractivity contribution in [2.24, 2.45) is 5.73 Å². The average molecular weight is 214 g/mol. The van der Waals surface area contributed by atoms with Crippen LogP contribution in [0.5, 0.6) is 0 Å². The lowest BCUT2D eigenvalue weighted by Crippen LogP contribution is -2.53. The predicted molar refractivity (Wildman–Crippen MR) is 59.5 cm³/mol. The molecule has 0 radical (unpaired) electrons. The van der Waals surface area contributed by atoms with Crippen LogP contribution in [0.1, 0.15) is 33.6 Å². The molecule has 1 aliphatic heterocycles. The summed E-state index contributed by atoms with van der Waals surface area (Å²) >= 11 is 0. The van der Waals surface area contributed by atoms with Crippen molar-refractivity contribution in [2.75, 3.05) is 13.6 Å². The lowest BCUT2D eigenvalue weighted by molar-refractivity contribution is -0.145. The zero-order valence-corrected chi connectivity index (χ0v) is 10.1. The third-order valence-electron chi connectivity index (χ3n) is 3.25. The second kappa shape index (κ2) is 4.49. The van der Waals surface area contributed by atoms with E-state index in [9.17, 15) is 4.79 Å². The molecule has 0 aliphatic carbocycles. The van der Waals surface area contributed by atoms with Crippen LogP contribution < -0.4 is 5.73 Å². The Labute approximate surface area is 91.8 Å². The van der Waals surface area contributed by atoms with Crippen molar-refractivity contribution in [3.8, 4) is 0 Å². The lowest BCUT2D eigenvalue weighted by Gasteiger charge is -2.36. The van der Waals surface area contributed by atoms with E-state index in [1.54, 1.807) is 11.9 Å². The number of hydrogen-bond donors (Lipinski definition) is 1. The van der Waals surface area contributed by atoms with Crippen LogP contribution >= 0.6 is 0 Å². The minimum absolute atomic E-state index is 0.0507. The smallest absolute Gasteiger partial charge is 0.251 e. The summed E-state index contributed by atoms with van der Waals surface area (Å²) in [7, 11) is 1.79. The fourth-order valence-corrected chi connectivity index (χ4v) is 1.64. The third-order valence-corrected chi connectivity index (χ3v) is 3.25. The summed E-state index contributed by atoms with van der Waals surface area (Å²) in [6.07, 6.45) is 1.72. The van der Waals surface area contributed by atoms with Crippen molar-refractivity contribution in [1.29, 1.82) is 0 Å². The van der Waals surface area contributed by atoms with Crippen molar-refractivity contribution in [3.63, 3.8) is 0 Å². The molecule has 2 unspecified atom stereocenters. The van der Waals surface area contributed by atoms with Crippen LogP contribution in [0.3, 0.4) is 0 Å². The molecule has 0 spiro atoms. The SMILES string of the molecule is CC1CCC(C(=O)N(C)C(C)(C)CN)O1. The predicted octanol–water partition coefficient (Wildman–Crippen LogP) is 0.750. The van der Waals surface area contributed by atoms with E-state index in [0.29, 0.717) is 6.54 Å². The molecule has 0 aromatic heterocycles. The van der Waals surface area contributed by atoms with Crippen LogP contribution in [0.25, 0.3) is 0 Å². The summed E-state index contributed by atoms with van der Waals surface area (Å²) in [5, 5.41) is 0.